The first kappa shape index (κ1) is 12.3. The third-order valence-corrected chi connectivity index (χ3v) is 3.16. The van der Waals surface area contributed by atoms with Crippen molar-refractivity contribution in [2.45, 2.75) is 26.7 Å². The van der Waals surface area contributed by atoms with Crippen LogP contribution in [0.3, 0.4) is 0 Å². The predicted molar refractivity (Wildman–Crippen MR) is 70.1 cm³/mol. The SMILES string of the molecule is Cc1cncc(NCC(C)CN2CCCC2)n1. The van der Waals surface area contributed by atoms with Gasteiger partial charge in [-0.2, -0.15) is 0 Å². The van der Waals surface area contributed by atoms with Crippen molar-refractivity contribution in [1.82, 2.24) is 14.9 Å². The zero-order valence-corrected chi connectivity index (χ0v) is 10.8. The smallest absolute Gasteiger partial charge is 0.144 e. The topological polar surface area (TPSA) is 41.1 Å². The molecule has 17 heavy (non-hydrogen) atoms. The Morgan fingerprint density at radius 1 is 1.35 bits per heavy atom. The van der Waals surface area contributed by atoms with Gasteiger partial charge in [0.05, 0.1) is 11.9 Å². The number of hydrogen-bond donors (Lipinski definition) is 1. The van der Waals surface area contributed by atoms with Gasteiger partial charge in [-0.15, -0.1) is 0 Å². The summed E-state index contributed by atoms with van der Waals surface area (Å²) < 4.78 is 0. The molecule has 2 rings (SSSR count). The second-order valence-corrected chi connectivity index (χ2v) is 5.04. The number of nitrogens with one attached hydrogen (secondary N) is 1. The molecule has 1 unspecified atom stereocenters. The molecule has 1 fully saturated rings. The fourth-order valence-corrected chi connectivity index (χ4v) is 2.30. The Labute approximate surface area is 103 Å². The first-order chi connectivity index (χ1) is 8.24. The molecule has 1 aliphatic heterocycles. The summed E-state index contributed by atoms with van der Waals surface area (Å²) in [6, 6.07) is 0. The molecule has 1 saturated heterocycles. The molecule has 0 bridgehead atoms. The minimum absolute atomic E-state index is 0.649. The van der Waals surface area contributed by atoms with Crippen LogP contribution in [0.4, 0.5) is 5.82 Å². The van der Waals surface area contributed by atoms with Crippen LogP contribution < -0.4 is 5.32 Å². The summed E-state index contributed by atoms with van der Waals surface area (Å²) in [4.78, 5) is 11.1. The maximum Gasteiger partial charge on any atom is 0.144 e. The molecule has 1 aliphatic rings. The molecular formula is C13H22N4. The summed E-state index contributed by atoms with van der Waals surface area (Å²) in [6.07, 6.45) is 6.29. The van der Waals surface area contributed by atoms with E-state index in [1.165, 1.54) is 32.5 Å². The maximum absolute atomic E-state index is 4.39. The van der Waals surface area contributed by atoms with E-state index in [0.717, 1.165) is 18.1 Å². The zero-order chi connectivity index (χ0) is 12.1. The van der Waals surface area contributed by atoms with E-state index in [0.29, 0.717) is 5.92 Å². The largest absolute Gasteiger partial charge is 0.368 e. The standard InChI is InChI=1S/C13H22N4/c1-11(10-17-5-3-4-6-17)7-15-13-9-14-8-12(2)16-13/h8-9,11H,3-7,10H2,1-2H3,(H,15,16). The molecule has 1 aromatic rings. The van der Waals surface area contributed by atoms with Crippen LogP contribution in [0, 0.1) is 12.8 Å². The van der Waals surface area contributed by atoms with E-state index in [9.17, 15) is 0 Å². The van der Waals surface area contributed by atoms with Crippen molar-refractivity contribution in [3.63, 3.8) is 0 Å². The van der Waals surface area contributed by atoms with E-state index in [4.69, 9.17) is 0 Å². The van der Waals surface area contributed by atoms with Crippen LogP contribution in [-0.2, 0) is 0 Å². The molecule has 0 aromatic carbocycles. The van der Waals surface area contributed by atoms with Gasteiger partial charge in [-0.1, -0.05) is 6.92 Å². The number of likely N-dealkylation sites (tertiary alicyclic amines) is 1. The minimum Gasteiger partial charge on any atom is -0.368 e. The molecule has 0 saturated carbocycles. The second kappa shape index (κ2) is 5.96. The Bertz CT molecular complexity index is 347. The number of anilines is 1. The molecule has 0 spiro atoms. The summed E-state index contributed by atoms with van der Waals surface area (Å²) in [5.74, 6) is 1.54. The van der Waals surface area contributed by atoms with E-state index in [2.05, 4.69) is 27.1 Å². The molecule has 1 atom stereocenters. The van der Waals surface area contributed by atoms with Crippen molar-refractivity contribution in [3.05, 3.63) is 18.1 Å². The lowest BCUT2D eigenvalue weighted by molar-refractivity contribution is 0.294. The molecule has 94 valence electrons. The number of rotatable bonds is 5. The fraction of sp³-hybridized carbons (Fsp3) is 0.692. The summed E-state index contributed by atoms with van der Waals surface area (Å²) in [6.45, 7) is 8.95. The summed E-state index contributed by atoms with van der Waals surface area (Å²) in [5.41, 5.74) is 0.960. The fourth-order valence-electron chi connectivity index (χ4n) is 2.30. The highest BCUT2D eigenvalue weighted by molar-refractivity contribution is 5.31. The Morgan fingerprint density at radius 2 is 2.12 bits per heavy atom. The van der Waals surface area contributed by atoms with Gasteiger partial charge in [-0.25, -0.2) is 4.98 Å². The van der Waals surface area contributed by atoms with Gasteiger partial charge in [-0.3, -0.25) is 4.98 Å². The highest BCUT2D eigenvalue weighted by atomic mass is 15.1. The third kappa shape index (κ3) is 3.97. The highest BCUT2D eigenvalue weighted by Gasteiger charge is 2.14. The summed E-state index contributed by atoms with van der Waals surface area (Å²) in [7, 11) is 0. The number of hydrogen-bond acceptors (Lipinski definition) is 4. The van der Waals surface area contributed by atoms with Crippen LogP contribution in [0.5, 0.6) is 0 Å². The minimum atomic E-state index is 0.649. The van der Waals surface area contributed by atoms with Gasteiger partial charge in [0, 0.05) is 19.3 Å². The Hall–Kier alpha value is -1.16. The molecule has 1 aromatic heterocycles. The van der Waals surface area contributed by atoms with Crippen LogP contribution in [0.15, 0.2) is 12.4 Å². The molecular weight excluding hydrogens is 212 g/mol. The van der Waals surface area contributed by atoms with Crippen LogP contribution >= 0.6 is 0 Å². The molecule has 4 nitrogen and oxygen atoms in total. The van der Waals surface area contributed by atoms with E-state index < -0.39 is 0 Å². The summed E-state index contributed by atoms with van der Waals surface area (Å²) in [5, 5.41) is 3.36. The van der Waals surface area contributed by atoms with Crippen molar-refractivity contribution >= 4 is 5.82 Å². The van der Waals surface area contributed by atoms with Crippen molar-refractivity contribution in [1.29, 1.82) is 0 Å². The Kier molecular flexibility index (Phi) is 4.31. The lowest BCUT2D eigenvalue weighted by Crippen LogP contribution is -2.29. The zero-order valence-electron chi connectivity index (χ0n) is 10.8. The van der Waals surface area contributed by atoms with Crippen molar-refractivity contribution < 1.29 is 0 Å². The lowest BCUT2D eigenvalue weighted by Gasteiger charge is -2.20. The van der Waals surface area contributed by atoms with E-state index >= 15 is 0 Å². The normalized spacial score (nSPS) is 18.2. The van der Waals surface area contributed by atoms with Gasteiger partial charge >= 0.3 is 0 Å². The van der Waals surface area contributed by atoms with Crippen LogP contribution in [0.2, 0.25) is 0 Å². The number of aryl methyl sites for hydroxylation is 1. The quantitative estimate of drug-likeness (QED) is 0.845. The van der Waals surface area contributed by atoms with Gasteiger partial charge < -0.3 is 10.2 Å². The van der Waals surface area contributed by atoms with Gasteiger partial charge in [0.1, 0.15) is 5.82 Å². The van der Waals surface area contributed by atoms with E-state index in [1.54, 1.807) is 12.4 Å². The molecule has 4 heteroatoms. The first-order valence-corrected chi connectivity index (χ1v) is 6.49. The van der Waals surface area contributed by atoms with Crippen molar-refractivity contribution in [3.8, 4) is 0 Å². The lowest BCUT2D eigenvalue weighted by atomic mass is 10.1. The van der Waals surface area contributed by atoms with Crippen LogP contribution in [0.25, 0.3) is 0 Å². The molecule has 1 N–H and O–H groups in total. The maximum atomic E-state index is 4.39. The van der Waals surface area contributed by atoms with Gasteiger partial charge in [0.25, 0.3) is 0 Å². The molecule has 0 aliphatic carbocycles. The highest BCUT2D eigenvalue weighted by Crippen LogP contribution is 2.11. The average molecular weight is 234 g/mol. The van der Waals surface area contributed by atoms with E-state index in [-0.39, 0.29) is 0 Å². The van der Waals surface area contributed by atoms with Gasteiger partial charge in [-0.05, 0) is 38.8 Å². The molecule has 0 radical (unpaired) electrons. The van der Waals surface area contributed by atoms with Crippen molar-refractivity contribution in [2.75, 3.05) is 31.5 Å². The predicted octanol–water partition coefficient (Wildman–Crippen LogP) is 1.93. The third-order valence-electron chi connectivity index (χ3n) is 3.16. The first-order valence-electron chi connectivity index (χ1n) is 6.49. The molecule has 0 amide bonds. The van der Waals surface area contributed by atoms with Gasteiger partial charge in [0.15, 0.2) is 0 Å². The van der Waals surface area contributed by atoms with Gasteiger partial charge in [0.2, 0.25) is 0 Å². The van der Waals surface area contributed by atoms with Crippen LogP contribution in [0.1, 0.15) is 25.5 Å². The monoisotopic (exact) mass is 234 g/mol. The van der Waals surface area contributed by atoms with Crippen molar-refractivity contribution in [2.24, 2.45) is 5.92 Å². The summed E-state index contributed by atoms with van der Waals surface area (Å²) >= 11 is 0. The average Bonchev–Trinajstić information content (AvgIpc) is 2.79. The Morgan fingerprint density at radius 3 is 2.82 bits per heavy atom. The number of aromatic nitrogens is 2. The van der Waals surface area contributed by atoms with Crippen LogP contribution in [-0.4, -0.2) is 41.0 Å². The number of nitrogens with zero attached hydrogens (tertiary/aromatic N) is 3. The Balaban J connectivity index is 1.73. The molecule has 2 heterocycles. The second-order valence-electron chi connectivity index (χ2n) is 5.04. The van der Waals surface area contributed by atoms with E-state index in [1.807, 2.05) is 6.92 Å².